The van der Waals surface area contributed by atoms with Crippen molar-refractivity contribution in [2.45, 2.75) is 20.3 Å². The van der Waals surface area contributed by atoms with Gasteiger partial charge in [-0.05, 0) is 46.5 Å². The minimum absolute atomic E-state index is 0.0594. The van der Waals surface area contributed by atoms with Crippen LogP contribution >= 0.6 is 15.9 Å². The van der Waals surface area contributed by atoms with Crippen molar-refractivity contribution in [1.82, 2.24) is 5.32 Å². The van der Waals surface area contributed by atoms with E-state index >= 15 is 0 Å². The molecule has 0 aliphatic rings. The van der Waals surface area contributed by atoms with E-state index in [1.54, 1.807) is 0 Å². The standard InChI is InChI=1S/C13H17BrFNO2/c1-9(2)5-6-16-13(17)8-18-10-3-4-12(15)11(14)7-10/h3-4,7,9H,5-6,8H2,1-2H3,(H,16,17). The van der Waals surface area contributed by atoms with Crippen LogP contribution in [-0.4, -0.2) is 19.1 Å². The van der Waals surface area contributed by atoms with Gasteiger partial charge < -0.3 is 10.1 Å². The number of carbonyl (C=O) groups excluding carboxylic acids is 1. The highest BCUT2D eigenvalue weighted by atomic mass is 79.9. The molecule has 0 radical (unpaired) electrons. The molecule has 0 aromatic heterocycles. The molecule has 0 atom stereocenters. The third-order valence-corrected chi connectivity index (χ3v) is 2.91. The van der Waals surface area contributed by atoms with Crippen molar-refractivity contribution in [3.63, 3.8) is 0 Å². The lowest BCUT2D eigenvalue weighted by Gasteiger charge is -2.09. The molecule has 0 spiro atoms. The lowest BCUT2D eigenvalue weighted by atomic mass is 10.1. The maximum Gasteiger partial charge on any atom is 0.257 e. The summed E-state index contributed by atoms with van der Waals surface area (Å²) in [5.74, 6) is 0.487. The first-order chi connectivity index (χ1) is 8.49. The summed E-state index contributed by atoms with van der Waals surface area (Å²) in [5.41, 5.74) is 0. The summed E-state index contributed by atoms with van der Waals surface area (Å²) in [6.07, 6.45) is 0.938. The van der Waals surface area contributed by atoms with Crippen LogP contribution in [0.15, 0.2) is 22.7 Å². The van der Waals surface area contributed by atoms with E-state index in [4.69, 9.17) is 4.74 Å². The Kier molecular flexibility index (Phi) is 6.12. The number of hydrogen-bond acceptors (Lipinski definition) is 2. The second-order valence-corrected chi connectivity index (χ2v) is 5.25. The van der Waals surface area contributed by atoms with E-state index in [1.165, 1.54) is 18.2 Å². The number of rotatable bonds is 6. The Morgan fingerprint density at radius 3 is 2.83 bits per heavy atom. The van der Waals surface area contributed by atoms with Crippen molar-refractivity contribution in [3.8, 4) is 5.75 Å². The SMILES string of the molecule is CC(C)CCNC(=O)COc1ccc(F)c(Br)c1. The molecule has 1 N–H and O–H groups in total. The van der Waals surface area contributed by atoms with Crippen molar-refractivity contribution >= 4 is 21.8 Å². The second kappa shape index (κ2) is 7.36. The average Bonchev–Trinajstić information content (AvgIpc) is 2.30. The zero-order valence-corrected chi connectivity index (χ0v) is 12.1. The second-order valence-electron chi connectivity index (χ2n) is 4.40. The van der Waals surface area contributed by atoms with E-state index in [1.807, 2.05) is 0 Å². The smallest absolute Gasteiger partial charge is 0.257 e. The molecule has 1 rings (SSSR count). The average molecular weight is 318 g/mol. The van der Waals surface area contributed by atoms with Crippen LogP contribution in [0.2, 0.25) is 0 Å². The predicted molar refractivity (Wildman–Crippen MR) is 72.1 cm³/mol. The summed E-state index contributed by atoms with van der Waals surface area (Å²) >= 11 is 3.06. The zero-order chi connectivity index (χ0) is 13.5. The summed E-state index contributed by atoms with van der Waals surface area (Å²) in [6.45, 7) is 4.78. The van der Waals surface area contributed by atoms with Gasteiger partial charge in [0, 0.05) is 6.54 Å². The molecule has 1 aromatic carbocycles. The van der Waals surface area contributed by atoms with Crippen LogP contribution in [0, 0.1) is 11.7 Å². The van der Waals surface area contributed by atoms with Crippen LogP contribution in [0.1, 0.15) is 20.3 Å². The fourth-order valence-electron chi connectivity index (χ4n) is 1.27. The van der Waals surface area contributed by atoms with Crippen molar-refractivity contribution in [2.75, 3.05) is 13.2 Å². The molecule has 0 fully saturated rings. The van der Waals surface area contributed by atoms with Gasteiger partial charge in [-0.2, -0.15) is 0 Å². The van der Waals surface area contributed by atoms with Crippen LogP contribution < -0.4 is 10.1 Å². The Morgan fingerprint density at radius 2 is 2.22 bits per heavy atom. The first kappa shape index (κ1) is 15.0. The summed E-state index contributed by atoms with van der Waals surface area (Å²) in [6, 6.07) is 4.27. The minimum Gasteiger partial charge on any atom is -0.484 e. The Hall–Kier alpha value is -1.10. The summed E-state index contributed by atoms with van der Waals surface area (Å²) in [4.78, 5) is 11.4. The van der Waals surface area contributed by atoms with Gasteiger partial charge in [-0.3, -0.25) is 4.79 Å². The topological polar surface area (TPSA) is 38.3 Å². The minimum atomic E-state index is -0.358. The van der Waals surface area contributed by atoms with E-state index in [0.717, 1.165) is 6.42 Å². The molecule has 0 bridgehead atoms. The van der Waals surface area contributed by atoms with Crippen LogP contribution in [0.25, 0.3) is 0 Å². The molecule has 0 saturated heterocycles. The van der Waals surface area contributed by atoms with E-state index in [0.29, 0.717) is 22.7 Å². The number of carbonyl (C=O) groups is 1. The molecule has 5 heteroatoms. The normalized spacial score (nSPS) is 10.5. The number of nitrogens with one attached hydrogen (secondary N) is 1. The molecule has 0 saturated carbocycles. The molecule has 1 amide bonds. The van der Waals surface area contributed by atoms with E-state index in [9.17, 15) is 9.18 Å². The molecule has 18 heavy (non-hydrogen) atoms. The highest BCUT2D eigenvalue weighted by molar-refractivity contribution is 9.10. The maximum atomic E-state index is 13.0. The van der Waals surface area contributed by atoms with Crippen molar-refractivity contribution in [2.24, 2.45) is 5.92 Å². The van der Waals surface area contributed by atoms with Crippen LogP contribution in [-0.2, 0) is 4.79 Å². The number of ether oxygens (including phenoxy) is 1. The van der Waals surface area contributed by atoms with Crippen LogP contribution in [0.5, 0.6) is 5.75 Å². The summed E-state index contributed by atoms with van der Waals surface area (Å²) < 4.78 is 18.5. The van der Waals surface area contributed by atoms with E-state index in [2.05, 4.69) is 35.1 Å². The molecular weight excluding hydrogens is 301 g/mol. The van der Waals surface area contributed by atoms with Gasteiger partial charge in [0.2, 0.25) is 0 Å². The highest BCUT2D eigenvalue weighted by Crippen LogP contribution is 2.21. The molecular formula is C13H17BrFNO2. The third-order valence-electron chi connectivity index (χ3n) is 2.30. The number of amides is 1. The van der Waals surface area contributed by atoms with Crippen LogP contribution in [0.4, 0.5) is 4.39 Å². The van der Waals surface area contributed by atoms with Gasteiger partial charge in [0.1, 0.15) is 11.6 Å². The zero-order valence-electron chi connectivity index (χ0n) is 10.5. The monoisotopic (exact) mass is 317 g/mol. The van der Waals surface area contributed by atoms with E-state index in [-0.39, 0.29) is 18.3 Å². The first-order valence-electron chi connectivity index (χ1n) is 5.83. The largest absolute Gasteiger partial charge is 0.484 e. The van der Waals surface area contributed by atoms with Gasteiger partial charge in [-0.15, -0.1) is 0 Å². The molecule has 0 aliphatic heterocycles. The lowest BCUT2D eigenvalue weighted by Crippen LogP contribution is -2.30. The number of halogens is 2. The first-order valence-corrected chi connectivity index (χ1v) is 6.63. The molecule has 0 unspecified atom stereocenters. The quantitative estimate of drug-likeness (QED) is 0.875. The number of benzene rings is 1. The highest BCUT2D eigenvalue weighted by Gasteiger charge is 2.05. The third kappa shape index (κ3) is 5.49. The van der Waals surface area contributed by atoms with Crippen LogP contribution in [0.3, 0.4) is 0 Å². The molecule has 3 nitrogen and oxygen atoms in total. The molecule has 0 heterocycles. The van der Waals surface area contributed by atoms with Gasteiger partial charge in [-0.1, -0.05) is 13.8 Å². The summed E-state index contributed by atoms with van der Waals surface area (Å²) in [7, 11) is 0. The predicted octanol–water partition coefficient (Wildman–Crippen LogP) is 3.13. The van der Waals surface area contributed by atoms with Crippen molar-refractivity contribution < 1.29 is 13.9 Å². The number of hydrogen-bond donors (Lipinski definition) is 1. The Balaban J connectivity index is 2.31. The Bertz CT molecular complexity index is 410. The van der Waals surface area contributed by atoms with Gasteiger partial charge >= 0.3 is 0 Å². The van der Waals surface area contributed by atoms with Gasteiger partial charge in [0.15, 0.2) is 6.61 Å². The summed E-state index contributed by atoms with van der Waals surface area (Å²) in [5, 5.41) is 2.76. The Labute approximate surface area is 115 Å². The Morgan fingerprint density at radius 1 is 1.50 bits per heavy atom. The lowest BCUT2D eigenvalue weighted by molar-refractivity contribution is -0.123. The molecule has 1 aromatic rings. The van der Waals surface area contributed by atoms with E-state index < -0.39 is 0 Å². The van der Waals surface area contributed by atoms with Crippen molar-refractivity contribution in [1.29, 1.82) is 0 Å². The molecule has 100 valence electrons. The van der Waals surface area contributed by atoms with Gasteiger partial charge in [0.25, 0.3) is 5.91 Å². The van der Waals surface area contributed by atoms with Gasteiger partial charge in [0.05, 0.1) is 4.47 Å². The maximum absolute atomic E-state index is 13.0. The van der Waals surface area contributed by atoms with Crippen molar-refractivity contribution in [3.05, 3.63) is 28.5 Å². The van der Waals surface area contributed by atoms with Gasteiger partial charge in [-0.25, -0.2) is 4.39 Å². The molecule has 0 aliphatic carbocycles. The fourth-order valence-corrected chi connectivity index (χ4v) is 1.62. The fraction of sp³-hybridized carbons (Fsp3) is 0.462.